The van der Waals surface area contributed by atoms with Crippen LogP contribution in [0.2, 0.25) is 0 Å². The molecule has 0 aliphatic carbocycles. The maximum Gasteiger partial charge on any atom is 0.394 e. The molecule has 6 nitrogen and oxygen atoms in total. The maximum atomic E-state index is 9.41. The molecule has 10 heavy (non-hydrogen) atoms. The Bertz CT molecular complexity index is 206. The highest BCUT2D eigenvalue weighted by Crippen LogP contribution is 1.59. The highest BCUT2D eigenvalue weighted by molar-refractivity contribution is 7.79. The number of hydrogen-bond acceptors (Lipinski definition) is 4. The molecule has 0 amide bonds. The Morgan fingerprint density at radius 3 is 1.40 bits per heavy atom. The van der Waals surface area contributed by atoms with Gasteiger partial charge in [-0.25, -0.2) is 8.42 Å². The van der Waals surface area contributed by atoms with Crippen molar-refractivity contribution in [1.29, 1.82) is 0 Å². The van der Waals surface area contributed by atoms with Gasteiger partial charge in [0.25, 0.3) is 0 Å². The van der Waals surface area contributed by atoms with Crippen LogP contribution in [0.15, 0.2) is 0 Å². The van der Waals surface area contributed by atoms with Gasteiger partial charge in [-0.05, 0) is 0 Å². The highest BCUT2D eigenvalue weighted by Gasteiger charge is 1.84. The third-order valence-corrected chi connectivity index (χ3v) is 0.775. The topological polar surface area (TPSA) is 109 Å². The van der Waals surface area contributed by atoms with Crippen LogP contribution in [-0.4, -0.2) is 31.7 Å². The van der Waals surface area contributed by atoms with Crippen LogP contribution in [-0.2, 0) is 21.1 Å². The van der Waals surface area contributed by atoms with Crippen molar-refractivity contribution in [2.24, 2.45) is 0 Å². The zero-order valence-corrected chi connectivity index (χ0v) is 6.80. The van der Waals surface area contributed by atoms with Gasteiger partial charge in [0.1, 0.15) is 10.7 Å². The maximum absolute atomic E-state index is 9.41. The smallest absolute Gasteiger partial charge is 0.264 e. The fourth-order valence-corrected chi connectivity index (χ4v) is 0. The van der Waals surface area contributed by atoms with Gasteiger partial charge in [0.05, 0.1) is 0 Å². The molecular weight excluding hydrogens is 184 g/mol. The summed E-state index contributed by atoms with van der Waals surface area (Å²) in [6.45, 7) is 1.60. The van der Waals surface area contributed by atoms with Crippen LogP contribution in [0.3, 0.4) is 0 Å². The molecule has 0 radical (unpaired) electrons. The average molecular weight is 192 g/mol. The molecule has 0 rings (SSSR count). The lowest BCUT2D eigenvalue weighted by Crippen LogP contribution is -1.89. The summed E-state index contributed by atoms with van der Waals surface area (Å²) < 4.78 is 50.4. The second-order valence-electron chi connectivity index (χ2n) is 1.10. The zero-order valence-electron chi connectivity index (χ0n) is 5.09. The second kappa shape index (κ2) is 5.59. The van der Waals surface area contributed by atoms with Crippen molar-refractivity contribution in [2.75, 3.05) is 5.75 Å². The van der Waals surface area contributed by atoms with Crippen LogP contribution in [0.5, 0.6) is 0 Å². The van der Waals surface area contributed by atoms with Gasteiger partial charge >= 0.3 is 10.4 Å². The van der Waals surface area contributed by atoms with Gasteiger partial charge in [-0.2, -0.15) is 8.42 Å². The first-order valence-electron chi connectivity index (χ1n) is 2.09. The summed E-state index contributed by atoms with van der Waals surface area (Å²) >= 11 is 0. The Hall–Kier alpha value is -0.180. The number of thiol groups is 1. The normalized spacial score (nSPS) is 10.4. The first-order chi connectivity index (χ1) is 4.27. The van der Waals surface area contributed by atoms with E-state index in [1.165, 1.54) is 0 Å². The standard InChI is InChI=1S/C2H6O2S.H2O4S/c1-2-5(3)4;1-5(2,3)4/h5H,2H2,1H3;(H2,1,2,3,4). The van der Waals surface area contributed by atoms with Crippen molar-refractivity contribution in [1.82, 2.24) is 0 Å². The minimum Gasteiger partial charge on any atom is -0.264 e. The molecule has 0 saturated heterocycles. The van der Waals surface area contributed by atoms with Crippen molar-refractivity contribution < 1.29 is 25.9 Å². The molecule has 0 fully saturated rings. The first-order valence-corrected chi connectivity index (χ1v) is 4.85. The minimum absolute atomic E-state index is 0.259. The molecular formula is C2H8O6S2. The molecule has 0 aliphatic heterocycles. The summed E-state index contributed by atoms with van der Waals surface area (Å²) in [5, 5.41) is 0. The van der Waals surface area contributed by atoms with Crippen molar-refractivity contribution >= 4 is 21.1 Å². The van der Waals surface area contributed by atoms with E-state index in [0.29, 0.717) is 0 Å². The van der Waals surface area contributed by atoms with Gasteiger partial charge in [0.15, 0.2) is 0 Å². The van der Waals surface area contributed by atoms with Crippen LogP contribution in [0, 0.1) is 0 Å². The summed E-state index contributed by atoms with van der Waals surface area (Å²) in [6.07, 6.45) is 0. The Morgan fingerprint density at radius 1 is 1.30 bits per heavy atom. The summed E-state index contributed by atoms with van der Waals surface area (Å²) in [6, 6.07) is 0. The van der Waals surface area contributed by atoms with Gasteiger partial charge in [-0.1, -0.05) is 6.92 Å². The quantitative estimate of drug-likeness (QED) is 0.362. The molecule has 0 aromatic heterocycles. The lowest BCUT2D eigenvalue weighted by atomic mass is 11.0. The molecule has 0 unspecified atom stereocenters. The second-order valence-corrected chi connectivity index (χ2v) is 3.29. The van der Waals surface area contributed by atoms with Gasteiger partial charge in [0, 0.05) is 5.75 Å². The van der Waals surface area contributed by atoms with Crippen molar-refractivity contribution in [2.45, 2.75) is 6.92 Å². The van der Waals surface area contributed by atoms with E-state index in [0.717, 1.165) is 0 Å². The molecule has 0 heterocycles. The van der Waals surface area contributed by atoms with Gasteiger partial charge in [0.2, 0.25) is 0 Å². The molecule has 0 aromatic carbocycles. The third kappa shape index (κ3) is 110. The van der Waals surface area contributed by atoms with Crippen molar-refractivity contribution in [3.05, 3.63) is 0 Å². The summed E-state index contributed by atoms with van der Waals surface area (Å²) in [5.74, 6) is 0.259. The van der Waals surface area contributed by atoms with E-state index < -0.39 is 21.1 Å². The fourth-order valence-electron chi connectivity index (χ4n) is 0. The molecule has 0 atom stereocenters. The predicted octanol–water partition coefficient (Wildman–Crippen LogP) is -1.04. The fraction of sp³-hybridized carbons (Fsp3) is 1.00. The summed E-state index contributed by atoms with van der Waals surface area (Å²) in [7, 11) is -6.76. The molecule has 0 saturated carbocycles. The number of rotatable bonds is 1. The highest BCUT2D eigenvalue weighted by atomic mass is 32.3. The van der Waals surface area contributed by atoms with E-state index in [-0.39, 0.29) is 5.75 Å². The van der Waals surface area contributed by atoms with Crippen LogP contribution in [0.1, 0.15) is 6.92 Å². The Morgan fingerprint density at radius 2 is 1.40 bits per heavy atom. The van der Waals surface area contributed by atoms with Gasteiger partial charge in [-0.15, -0.1) is 0 Å². The summed E-state index contributed by atoms with van der Waals surface area (Å²) in [5.41, 5.74) is 0. The molecule has 0 aliphatic rings. The van der Waals surface area contributed by atoms with E-state index in [9.17, 15) is 8.42 Å². The molecule has 8 heteroatoms. The molecule has 0 bridgehead atoms. The van der Waals surface area contributed by atoms with Crippen LogP contribution in [0.25, 0.3) is 0 Å². The van der Waals surface area contributed by atoms with Crippen LogP contribution >= 0.6 is 0 Å². The average Bonchev–Trinajstić information content (AvgIpc) is 1.61. The lowest BCUT2D eigenvalue weighted by Gasteiger charge is -1.68. The predicted molar refractivity (Wildman–Crippen MR) is 35.0 cm³/mol. The largest absolute Gasteiger partial charge is 0.394 e. The van der Waals surface area contributed by atoms with Crippen LogP contribution in [0.4, 0.5) is 0 Å². The zero-order chi connectivity index (χ0) is 8.78. The Kier molecular flexibility index (Phi) is 6.99. The SMILES string of the molecule is CC[SH](=O)=O.O=S(=O)(O)O. The third-order valence-electron chi connectivity index (χ3n) is 0.258. The first kappa shape index (κ1) is 12.5. The van der Waals surface area contributed by atoms with E-state index in [4.69, 9.17) is 17.5 Å². The monoisotopic (exact) mass is 192 g/mol. The van der Waals surface area contributed by atoms with Crippen LogP contribution < -0.4 is 0 Å². The van der Waals surface area contributed by atoms with Crippen molar-refractivity contribution in [3.63, 3.8) is 0 Å². The molecule has 2 N–H and O–H groups in total. The number of hydrogen-bond donors (Lipinski definition) is 3. The Labute approximate surface area is 60.4 Å². The van der Waals surface area contributed by atoms with E-state index in [1.807, 2.05) is 0 Å². The lowest BCUT2D eigenvalue weighted by molar-refractivity contribution is 0.381. The van der Waals surface area contributed by atoms with E-state index in [1.54, 1.807) is 6.92 Å². The van der Waals surface area contributed by atoms with Gasteiger partial charge in [-0.3, -0.25) is 9.11 Å². The van der Waals surface area contributed by atoms with Gasteiger partial charge < -0.3 is 0 Å². The molecule has 0 aromatic rings. The summed E-state index contributed by atoms with van der Waals surface area (Å²) in [4.78, 5) is 0. The Balaban J connectivity index is 0. The van der Waals surface area contributed by atoms with E-state index >= 15 is 0 Å². The van der Waals surface area contributed by atoms with E-state index in [2.05, 4.69) is 0 Å². The molecule has 0 spiro atoms. The minimum atomic E-state index is -4.67. The van der Waals surface area contributed by atoms with Crippen molar-refractivity contribution in [3.8, 4) is 0 Å². The molecule has 64 valence electrons.